The number of thioether (sulfide) groups is 1. The molecule has 5 nitrogen and oxygen atoms in total. The molecule has 0 unspecified atom stereocenters. The lowest BCUT2D eigenvalue weighted by atomic mass is 10.1. The van der Waals surface area contributed by atoms with Crippen molar-refractivity contribution in [1.29, 1.82) is 0 Å². The number of nitrogens with two attached hydrogens (primary N) is 1. The van der Waals surface area contributed by atoms with Gasteiger partial charge < -0.3 is 5.73 Å². The van der Waals surface area contributed by atoms with Crippen molar-refractivity contribution in [2.75, 3.05) is 0 Å². The Morgan fingerprint density at radius 3 is 2.50 bits per heavy atom. The normalized spacial score (nSPS) is 11.9. The molecule has 132 valence electrons. The summed E-state index contributed by atoms with van der Waals surface area (Å²) in [7, 11) is 0. The van der Waals surface area contributed by atoms with Crippen molar-refractivity contribution < 1.29 is 9.18 Å². The zero-order valence-electron chi connectivity index (χ0n) is 13.9. The van der Waals surface area contributed by atoms with E-state index < -0.39 is 11.2 Å². The van der Waals surface area contributed by atoms with Crippen molar-refractivity contribution in [1.82, 2.24) is 14.8 Å². The van der Waals surface area contributed by atoms with E-state index >= 15 is 0 Å². The van der Waals surface area contributed by atoms with E-state index in [0.29, 0.717) is 23.1 Å². The molecule has 0 spiro atoms. The average Bonchev–Trinajstić information content (AvgIpc) is 3.04. The molecule has 26 heavy (non-hydrogen) atoms. The van der Waals surface area contributed by atoms with Crippen LogP contribution in [0.2, 0.25) is 0 Å². The molecule has 0 bridgehead atoms. The second kappa shape index (κ2) is 7.97. The Morgan fingerprint density at radius 2 is 1.88 bits per heavy atom. The van der Waals surface area contributed by atoms with Crippen LogP contribution in [0.25, 0.3) is 11.4 Å². The molecule has 0 aliphatic rings. The van der Waals surface area contributed by atoms with E-state index in [1.54, 1.807) is 18.2 Å². The first-order valence-electron chi connectivity index (χ1n) is 7.91. The van der Waals surface area contributed by atoms with E-state index in [0.717, 1.165) is 5.56 Å². The van der Waals surface area contributed by atoms with Gasteiger partial charge in [0.05, 0.1) is 0 Å². The van der Waals surface area contributed by atoms with Gasteiger partial charge in [0.15, 0.2) is 11.0 Å². The maximum absolute atomic E-state index is 13.2. The third-order valence-electron chi connectivity index (χ3n) is 3.71. The first-order chi connectivity index (χ1) is 12.6. The number of nitrogens with zero attached hydrogens (tertiary/aromatic N) is 3. The van der Waals surface area contributed by atoms with Crippen LogP contribution in [-0.4, -0.2) is 20.7 Å². The van der Waals surface area contributed by atoms with Gasteiger partial charge in [-0.3, -0.25) is 9.36 Å². The Bertz CT molecular complexity index is 909. The van der Waals surface area contributed by atoms with Crippen LogP contribution >= 0.6 is 11.8 Å². The number of aromatic nitrogens is 3. The number of hydrogen-bond acceptors (Lipinski definition) is 4. The van der Waals surface area contributed by atoms with Crippen molar-refractivity contribution in [3.8, 4) is 11.4 Å². The zero-order chi connectivity index (χ0) is 18.5. The second-order valence-electron chi connectivity index (χ2n) is 5.52. The van der Waals surface area contributed by atoms with Crippen LogP contribution in [0, 0.1) is 5.82 Å². The minimum atomic E-state index is -0.702. The van der Waals surface area contributed by atoms with Crippen LogP contribution in [0.5, 0.6) is 0 Å². The first kappa shape index (κ1) is 17.9. The monoisotopic (exact) mass is 368 g/mol. The lowest BCUT2D eigenvalue weighted by Gasteiger charge is -2.14. The van der Waals surface area contributed by atoms with Gasteiger partial charge in [-0.2, -0.15) is 0 Å². The largest absolute Gasteiger partial charge is 0.368 e. The number of halogens is 1. The Hall–Kier alpha value is -2.93. The standard InChI is InChI=1S/C19H17FN4OS/c1-2-12-24-18(14-6-4-3-5-7-14)22-23-19(24)26-16(17(21)25)13-8-10-15(20)11-9-13/h2-11,16H,1,12H2,(H2,21,25)/t16-/m1/s1. The highest BCUT2D eigenvalue weighted by atomic mass is 32.2. The molecular weight excluding hydrogens is 351 g/mol. The fourth-order valence-electron chi connectivity index (χ4n) is 2.50. The Labute approximate surface area is 154 Å². The van der Waals surface area contributed by atoms with Crippen molar-refractivity contribution in [2.45, 2.75) is 17.0 Å². The molecule has 3 rings (SSSR count). The van der Waals surface area contributed by atoms with Crippen molar-refractivity contribution >= 4 is 17.7 Å². The maximum Gasteiger partial charge on any atom is 0.235 e. The van der Waals surface area contributed by atoms with Crippen LogP contribution < -0.4 is 5.73 Å². The van der Waals surface area contributed by atoms with Crippen LogP contribution in [0.15, 0.2) is 72.4 Å². The topological polar surface area (TPSA) is 73.8 Å². The summed E-state index contributed by atoms with van der Waals surface area (Å²) in [4.78, 5) is 12.0. The molecule has 0 aliphatic heterocycles. The van der Waals surface area contributed by atoms with Gasteiger partial charge in [-0.1, -0.05) is 60.3 Å². The molecule has 0 saturated carbocycles. The summed E-state index contributed by atoms with van der Waals surface area (Å²) in [6.45, 7) is 4.26. The minimum Gasteiger partial charge on any atom is -0.368 e. The van der Waals surface area contributed by atoms with Crippen molar-refractivity contribution in [2.24, 2.45) is 5.73 Å². The molecule has 1 atom stereocenters. The third-order valence-corrected chi connectivity index (χ3v) is 4.97. The molecule has 0 saturated heterocycles. The van der Waals surface area contributed by atoms with Gasteiger partial charge in [0, 0.05) is 12.1 Å². The summed E-state index contributed by atoms with van der Waals surface area (Å²) in [5, 5.41) is 8.32. The third kappa shape index (κ3) is 3.83. The molecule has 1 heterocycles. The highest BCUT2D eigenvalue weighted by Gasteiger charge is 2.24. The second-order valence-corrected chi connectivity index (χ2v) is 6.60. The highest BCUT2D eigenvalue weighted by Crippen LogP contribution is 2.35. The van der Waals surface area contributed by atoms with Gasteiger partial charge in [0.2, 0.25) is 5.91 Å². The van der Waals surface area contributed by atoms with E-state index in [-0.39, 0.29) is 5.82 Å². The predicted octanol–water partition coefficient (Wildman–Crippen LogP) is 3.59. The molecule has 0 aliphatic carbocycles. The molecule has 7 heteroatoms. The summed E-state index contributed by atoms with van der Waals surface area (Å²) < 4.78 is 15.0. The Balaban J connectivity index is 1.97. The van der Waals surface area contributed by atoms with Crippen LogP contribution in [0.1, 0.15) is 10.8 Å². The number of amides is 1. The minimum absolute atomic E-state index is 0.372. The van der Waals surface area contributed by atoms with Crippen LogP contribution in [-0.2, 0) is 11.3 Å². The zero-order valence-corrected chi connectivity index (χ0v) is 14.7. The fourth-order valence-corrected chi connectivity index (χ4v) is 3.50. The average molecular weight is 368 g/mol. The van der Waals surface area contributed by atoms with E-state index in [9.17, 15) is 9.18 Å². The highest BCUT2D eigenvalue weighted by molar-refractivity contribution is 8.00. The van der Waals surface area contributed by atoms with E-state index in [1.807, 2.05) is 34.9 Å². The predicted molar refractivity (Wildman–Crippen MR) is 99.8 cm³/mol. The molecule has 1 amide bonds. The van der Waals surface area contributed by atoms with Gasteiger partial charge >= 0.3 is 0 Å². The van der Waals surface area contributed by atoms with Gasteiger partial charge in [0.25, 0.3) is 0 Å². The maximum atomic E-state index is 13.2. The van der Waals surface area contributed by atoms with Crippen LogP contribution in [0.4, 0.5) is 4.39 Å². The van der Waals surface area contributed by atoms with Gasteiger partial charge in [-0.05, 0) is 17.7 Å². The summed E-state index contributed by atoms with van der Waals surface area (Å²) in [5.41, 5.74) is 7.08. The molecule has 0 radical (unpaired) electrons. The van der Waals surface area contributed by atoms with Gasteiger partial charge in [0.1, 0.15) is 11.1 Å². The lowest BCUT2D eigenvalue weighted by molar-refractivity contribution is -0.117. The summed E-state index contributed by atoms with van der Waals surface area (Å²) in [6, 6.07) is 15.3. The number of rotatable bonds is 7. The number of carbonyl (C=O) groups excluding carboxylic acids is 1. The molecule has 2 aromatic carbocycles. The van der Waals surface area contributed by atoms with Crippen LogP contribution in [0.3, 0.4) is 0 Å². The quantitative estimate of drug-likeness (QED) is 0.511. The Kier molecular flexibility index (Phi) is 5.48. The number of allylic oxidation sites excluding steroid dienone is 1. The fraction of sp³-hybridized carbons (Fsp3) is 0.105. The molecular formula is C19H17FN4OS. The molecule has 3 aromatic rings. The van der Waals surface area contributed by atoms with Crippen molar-refractivity contribution in [3.05, 3.63) is 78.6 Å². The van der Waals surface area contributed by atoms with Crippen molar-refractivity contribution in [3.63, 3.8) is 0 Å². The number of hydrogen-bond donors (Lipinski definition) is 1. The lowest BCUT2D eigenvalue weighted by Crippen LogP contribution is -2.19. The van der Waals surface area contributed by atoms with E-state index in [2.05, 4.69) is 16.8 Å². The molecule has 1 aromatic heterocycles. The van der Waals surface area contributed by atoms with E-state index in [1.165, 1.54) is 23.9 Å². The number of benzene rings is 2. The van der Waals surface area contributed by atoms with E-state index in [4.69, 9.17) is 5.73 Å². The summed E-state index contributed by atoms with van der Waals surface area (Å²) in [5.74, 6) is -0.227. The first-order valence-corrected chi connectivity index (χ1v) is 8.79. The van der Waals surface area contributed by atoms with Gasteiger partial charge in [-0.15, -0.1) is 16.8 Å². The smallest absolute Gasteiger partial charge is 0.235 e. The number of primary amides is 1. The number of carbonyl (C=O) groups is 1. The Morgan fingerprint density at radius 1 is 1.19 bits per heavy atom. The molecule has 2 N–H and O–H groups in total. The summed E-state index contributed by atoms with van der Waals surface area (Å²) in [6.07, 6.45) is 1.73. The van der Waals surface area contributed by atoms with Gasteiger partial charge in [-0.25, -0.2) is 4.39 Å². The molecule has 0 fully saturated rings. The SMILES string of the molecule is C=CCn1c(S[C@@H](C(N)=O)c2ccc(F)cc2)nnc1-c1ccccc1. The summed E-state index contributed by atoms with van der Waals surface area (Å²) >= 11 is 1.18.